The van der Waals surface area contributed by atoms with Crippen LogP contribution in [0.4, 0.5) is 18.9 Å². The molecule has 2 amide bonds. The molecule has 142 valence electrons. The number of anilines is 1. The van der Waals surface area contributed by atoms with Gasteiger partial charge >= 0.3 is 12.1 Å². The molecular weight excluding hydrogens is 359 g/mol. The van der Waals surface area contributed by atoms with E-state index in [0.29, 0.717) is 5.69 Å². The molecule has 1 rings (SSSR count). The van der Waals surface area contributed by atoms with Gasteiger partial charge in [0.1, 0.15) is 12.4 Å². The Morgan fingerprint density at radius 3 is 2.58 bits per heavy atom. The molecule has 0 aliphatic carbocycles. The second kappa shape index (κ2) is 9.25. The Morgan fingerprint density at radius 1 is 1.31 bits per heavy atom. The van der Waals surface area contributed by atoms with Crippen molar-refractivity contribution in [1.29, 1.82) is 0 Å². The number of hydrogen-bond donors (Lipinski definition) is 5. The zero-order valence-corrected chi connectivity index (χ0v) is 13.2. The third kappa shape index (κ3) is 7.51. The highest BCUT2D eigenvalue weighted by Gasteiger charge is 2.36. The molecule has 0 saturated heterocycles. The summed E-state index contributed by atoms with van der Waals surface area (Å²) in [5.41, 5.74) is 0.630. The lowest BCUT2D eigenvalue weighted by Gasteiger charge is -2.16. The highest BCUT2D eigenvalue weighted by molar-refractivity contribution is 5.98. The van der Waals surface area contributed by atoms with Crippen LogP contribution in [-0.4, -0.2) is 48.0 Å². The molecule has 0 aliphatic heterocycles. The first-order chi connectivity index (χ1) is 12.1. The van der Waals surface area contributed by atoms with Crippen molar-refractivity contribution in [2.75, 3.05) is 11.9 Å². The minimum atomic E-state index is -4.76. The van der Waals surface area contributed by atoms with Crippen LogP contribution in [0.5, 0.6) is 0 Å². The molecule has 1 unspecified atom stereocenters. The minimum absolute atomic E-state index is 0.151. The van der Waals surface area contributed by atoms with Crippen LogP contribution in [-0.2, 0) is 9.59 Å². The van der Waals surface area contributed by atoms with Crippen molar-refractivity contribution in [3.8, 4) is 0 Å². The van der Waals surface area contributed by atoms with Crippen molar-refractivity contribution >= 4 is 29.8 Å². The number of nitrogens with one attached hydrogen (secondary N) is 3. The summed E-state index contributed by atoms with van der Waals surface area (Å²) in [6.07, 6.45) is -5.31. The number of benzene rings is 1. The van der Waals surface area contributed by atoms with Gasteiger partial charge in [-0.25, -0.2) is 4.79 Å². The first-order valence-corrected chi connectivity index (χ1v) is 7.08. The molecule has 0 spiro atoms. The van der Waals surface area contributed by atoms with E-state index in [1.165, 1.54) is 24.5 Å². The van der Waals surface area contributed by atoms with Crippen molar-refractivity contribution in [2.45, 2.75) is 18.6 Å². The fourth-order valence-corrected chi connectivity index (χ4v) is 1.80. The first kappa shape index (κ1) is 20.7. The molecule has 26 heavy (non-hydrogen) atoms. The number of carbonyl (C=O) groups is 3. The SMILES string of the molecule is NN=CNc1cccc(C(=O)NCC(=O)NC(CC(F)(F)F)C(=O)O)c1. The molecule has 1 atom stereocenters. The van der Waals surface area contributed by atoms with Gasteiger partial charge in [-0.3, -0.25) is 9.59 Å². The van der Waals surface area contributed by atoms with Gasteiger partial charge in [-0.1, -0.05) is 6.07 Å². The lowest BCUT2D eigenvalue weighted by Crippen LogP contribution is -2.47. The molecular formula is C14H16F3N5O4. The zero-order chi connectivity index (χ0) is 19.7. The molecule has 1 aromatic carbocycles. The predicted octanol–water partition coefficient (Wildman–Crippen LogP) is 0.252. The fourth-order valence-electron chi connectivity index (χ4n) is 1.80. The van der Waals surface area contributed by atoms with E-state index in [1.54, 1.807) is 11.4 Å². The van der Waals surface area contributed by atoms with E-state index in [9.17, 15) is 27.6 Å². The summed E-state index contributed by atoms with van der Waals surface area (Å²) < 4.78 is 36.8. The smallest absolute Gasteiger partial charge is 0.391 e. The van der Waals surface area contributed by atoms with Crippen molar-refractivity contribution in [3.05, 3.63) is 29.8 Å². The molecule has 6 N–H and O–H groups in total. The maximum absolute atomic E-state index is 12.3. The van der Waals surface area contributed by atoms with Crippen LogP contribution in [0, 0.1) is 0 Å². The molecule has 1 aromatic rings. The van der Waals surface area contributed by atoms with Crippen molar-refractivity contribution in [2.24, 2.45) is 10.9 Å². The number of halogens is 3. The lowest BCUT2D eigenvalue weighted by atomic mass is 10.2. The van der Waals surface area contributed by atoms with Gasteiger partial charge in [-0.15, -0.1) is 0 Å². The average Bonchev–Trinajstić information content (AvgIpc) is 2.56. The number of carbonyl (C=O) groups excluding carboxylic acids is 2. The third-order valence-corrected chi connectivity index (χ3v) is 2.91. The number of nitrogens with two attached hydrogens (primary N) is 1. The standard InChI is InChI=1S/C14H16F3N5O4/c15-14(16,17)5-10(13(25)26)22-11(23)6-19-12(24)8-2-1-3-9(4-8)20-7-21-18/h1-4,7,10H,5-6,18H2,(H,19,24)(H,20,21)(H,22,23)(H,25,26). The summed E-state index contributed by atoms with van der Waals surface area (Å²) in [6.45, 7) is -0.692. The van der Waals surface area contributed by atoms with Crippen LogP contribution >= 0.6 is 0 Å². The summed E-state index contributed by atoms with van der Waals surface area (Å²) in [5, 5.41) is 18.5. The van der Waals surface area contributed by atoms with Crippen molar-refractivity contribution in [3.63, 3.8) is 0 Å². The Kier molecular flexibility index (Phi) is 7.37. The number of hydrazone groups is 1. The monoisotopic (exact) mass is 375 g/mol. The number of carboxylic acids is 1. The molecule has 0 aromatic heterocycles. The Labute approximate surface area is 145 Å². The molecule has 12 heteroatoms. The highest BCUT2D eigenvalue weighted by Crippen LogP contribution is 2.21. The Balaban J connectivity index is 2.60. The van der Waals surface area contributed by atoms with E-state index >= 15 is 0 Å². The van der Waals surface area contributed by atoms with Crippen molar-refractivity contribution in [1.82, 2.24) is 10.6 Å². The van der Waals surface area contributed by atoms with Gasteiger partial charge in [0, 0.05) is 11.3 Å². The van der Waals surface area contributed by atoms with Crippen LogP contribution in [0.25, 0.3) is 0 Å². The van der Waals surface area contributed by atoms with Crippen LogP contribution < -0.4 is 21.8 Å². The van der Waals surface area contributed by atoms with E-state index in [2.05, 4.69) is 15.7 Å². The van der Waals surface area contributed by atoms with E-state index in [0.717, 1.165) is 0 Å². The van der Waals surface area contributed by atoms with Gasteiger partial charge in [0.25, 0.3) is 5.91 Å². The van der Waals surface area contributed by atoms with E-state index in [4.69, 9.17) is 10.9 Å². The zero-order valence-electron chi connectivity index (χ0n) is 13.2. The number of aliphatic carboxylic acids is 1. The van der Waals surface area contributed by atoms with Gasteiger partial charge in [0.15, 0.2) is 0 Å². The number of amides is 2. The minimum Gasteiger partial charge on any atom is -0.480 e. The molecule has 0 radical (unpaired) electrons. The van der Waals surface area contributed by atoms with Crippen LogP contribution in [0.15, 0.2) is 29.4 Å². The second-order valence-corrected chi connectivity index (χ2v) is 4.96. The van der Waals surface area contributed by atoms with Gasteiger partial charge in [-0.2, -0.15) is 18.3 Å². The maximum atomic E-state index is 12.3. The molecule has 0 fully saturated rings. The summed E-state index contributed by atoms with van der Waals surface area (Å²) in [4.78, 5) is 34.3. The summed E-state index contributed by atoms with van der Waals surface area (Å²) in [6, 6.07) is 3.86. The van der Waals surface area contributed by atoms with E-state index in [1.807, 2.05) is 0 Å². The molecule has 9 nitrogen and oxygen atoms in total. The highest BCUT2D eigenvalue weighted by atomic mass is 19.4. The number of nitrogens with zero attached hydrogens (tertiary/aromatic N) is 1. The number of hydrogen-bond acceptors (Lipinski definition) is 5. The second-order valence-electron chi connectivity index (χ2n) is 4.96. The Hall–Kier alpha value is -3.31. The first-order valence-electron chi connectivity index (χ1n) is 7.08. The van der Waals surface area contributed by atoms with Crippen LogP contribution in [0.1, 0.15) is 16.8 Å². The van der Waals surface area contributed by atoms with E-state index < -0.39 is 43.0 Å². The van der Waals surface area contributed by atoms with Gasteiger partial charge in [-0.05, 0) is 18.2 Å². The molecule has 0 aliphatic rings. The Bertz CT molecular complexity index is 693. The predicted molar refractivity (Wildman–Crippen MR) is 85.3 cm³/mol. The van der Waals surface area contributed by atoms with Crippen LogP contribution in [0.3, 0.4) is 0 Å². The largest absolute Gasteiger partial charge is 0.480 e. The number of carboxylic acid groups (broad SMARTS) is 1. The van der Waals surface area contributed by atoms with Gasteiger partial charge in [0.2, 0.25) is 5.91 Å². The normalized spacial score (nSPS) is 12.4. The van der Waals surface area contributed by atoms with Gasteiger partial charge in [0.05, 0.1) is 13.0 Å². The third-order valence-electron chi connectivity index (χ3n) is 2.91. The summed E-state index contributed by atoms with van der Waals surface area (Å²) >= 11 is 0. The summed E-state index contributed by atoms with van der Waals surface area (Å²) in [5.74, 6) is 1.34. The quantitative estimate of drug-likeness (QED) is 0.191. The Morgan fingerprint density at radius 2 is 2.00 bits per heavy atom. The topological polar surface area (TPSA) is 146 Å². The molecule has 0 saturated carbocycles. The maximum Gasteiger partial charge on any atom is 0.391 e. The average molecular weight is 375 g/mol. The number of rotatable bonds is 8. The van der Waals surface area contributed by atoms with Gasteiger partial charge < -0.3 is 26.9 Å². The number of alkyl halides is 3. The van der Waals surface area contributed by atoms with Crippen LogP contribution in [0.2, 0.25) is 0 Å². The van der Waals surface area contributed by atoms with E-state index in [-0.39, 0.29) is 5.56 Å². The van der Waals surface area contributed by atoms with Crippen molar-refractivity contribution < 1.29 is 32.7 Å². The fraction of sp³-hybridized carbons (Fsp3) is 0.286. The lowest BCUT2D eigenvalue weighted by molar-refractivity contribution is -0.159. The summed E-state index contributed by atoms with van der Waals surface area (Å²) in [7, 11) is 0. The molecule has 0 heterocycles. The molecule has 0 bridgehead atoms.